The lowest BCUT2D eigenvalue weighted by atomic mass is 10.2. The van der Waals surface area contributed by atoms with Crippen molar-refractivity contribution in [1.29, 1.82) is 0 Å². The number of hydrogen-bond donors (Lipinski definition) is 4. The first-order valence-corrected chi connectivity index (χ1v) is 15.4. The highest BCUT2D eigenvalue weighted by Gasteiger charge is 2.20. The van der Waals surface area contributed by atoms with E-state index in [-0.39, 0.29) is 19.9 Å². The number of ether oxygens (including phenoxy) is 1. The number of hydrogen-bond acceptors (Lipinski definition) is 9. The number of aromatic amines is 1. The van der Waals surface area contributed by atoms with Gasteiger partial charge in [-0.1, -0.05) is 11.6 Å². The van der Waals surface area contributed by atoms with Crippen molar-refractivity contribution in [2.75, 3.05) is 50.0 Å². The molecule has 4 aromatic rings. The van der Waals surface area contributed by atoms with E-state index in [9.17, 15) is 22.8 Å². The number of fused-ring (bicyclic) bond motifs is 1. The van der Waals surface area contributed by atoms with Gasteiger partial charge < -0.3 is 20.4 Å². The molecule has 0 radical (unpaired) electrons. The fraction of sp³-hybridized carbons (Fsp3) is 0.269. The van der Waals surface area contributed by atoms with Gasteiger partial charge in [-0.15, -0.1) is 11.3 Å². The fourth-order valence-electron chi connectivity index (χ4n) is 4.39. The van der Waals surface area contributed by atoms with E-state index in [0.29, 0.717) is 10.9 Å². The maximum absolute atomic E-state index is 13.2. The molecule has 41 heavy (non-hydrogen) atoms. The molecule has 0 bridgehead atoms. The van der Waals surface area contributed by atoms with E-state index in [1.165, 1.54) is 36.4 Å². The van der Waals surface area contributed by atoms with Crippen molar-refractivity contribution in [2.45, 2.75) is 10.6 Å². The number of carbonyl (C=O) groups excluding carboxylic acids is 1. The van der Waals surface area contributed by atoms with Crippen LogP contribution in [0.25, 0.3) is 16.6 Å². The molecule has 1 fully saturated rings. The second-order valence-corrected chi connectivity index (χ2v) is 12.9. The van der Waals surface area contributed by atoms with Gasteiger partial charge in [-0.25, -0.2) is 27.3 Å². The molecule has 1 aliphatic rings. The molecule has 5 rings (SSSR count). The number of anilines is 2. The topological polar surface area (TPSA) is 155 Å². The SMILES string of the molecule is O=C(Nc1ccc(-n2c(=O)[nH]c3cc(NCCCN4CCOCC4)ccc3c2=O)cc1)NS(=O)(=O)c1ccc(Cl)s1. The molecular formula is C26H27ClN6O6S2. The van der Waals surface area contributed by atoms with Crippen molar-refractivity contribution in [1.82, 2.24) is 19.2 Å². The van der Waals surface area contributed by atoms with Crippen molar-refractivity contribution in [2.24, 2.45) is 0 Å². The zero-order valence-electron chi connectivity index (χ0n) is 21.7. The molecular weight excluding hydrogens is 592 g/mol. The summed E-state index contributed by atoms with van der Waals surface area (Å²) in [4.78, 5) is 43.4. The molecule has 12 nitrogen and oxygen atoms in total. The van der Waals surface area contributed by atoms with Gasteiger partial charge in [0.2, 0.25) is 0 Å². The predicted octanol–water partition coefficient (Wildman–Crippen LogP) is 3.04. The number of H-pyrrole nitrogens is 1. The molecule has 2 aromatic carbocycles. The maximum atomic E-state index is 13.2. The maximum Gasteiger partial charge on any atom is 0.333 e. The Morgan fingerprint density at radius 3 is 2.46 bits per heavy atom. The molecule has 0 atom stereocenters. The number of rotatable bonds is 9. The van der Waals surface area contributed by atoms with E-state index in [1.807, 2.05) is 4.72 Å². The molecule has 15 heteroatoms. The Kier molecular flexibility index (Phi) is 8.75. The zero-order valence-corrected chi connectivity index (χ0v) is 24.1. The minimum absolute atomic E-state index is 0.102. The van der Waals surface area contributed by atoms with Gasteiger partial charge in [-0.3, -0.25) is 9.69 Å². The Morgan fingerprint density at radius 1 is 1.02 bits per heavy atom. The predicted molar refractivity (Wildman–Crippen MR) is 159 cm³/mol. The molecule has 0 saturated carbocycles. The average molecular weight is 619 g/mol. The van der Waals surface area contributed by atoms with Crippen LogP contribution in [0, 0.1) is 0 Å². The number of thiophene rings is 1. The van der Waals surface area contributed by atoms with Gasteiger partial charge in [0, 0.05) is 31.0 Å². The van der Waals surface area contributed by atoms with Crippen molar-refractivity contribution in [3.05, 3.63) is 79.8 Å². The van der Waals surface area contributed by atoms with Crippen LogP contribution in [0.15, 0.2) is 68.4 Å². The third-order valence-electron chi connectivity index (χ3n) is 6.41. The average Bonchev–Trinajstić information content (AvgIpc) is 3.39. The highest BCUT2D eigenvalue weighted by atomic mass is 35.5. The molecule has 2 aromatic heterocycles. The lowest BCUT2D eigenvalue weighted by molar-refractivity contribution is 0.0378. The number of urea groups is 1. The summed E-state index contributed by atoms with van der Waals surface area (Å²) < 4.78 is 33.1. The number of aromatic nitrogens is 2. The first kappa shape index (κ1) is 28.8. The lowest BCUT2D eigenvalue weighted by Crippen LogP contribution is -2.37. The second kappa shape index (κ2) is 12.4. The van der Waals surface area contributed by atoms with Gasteiger partial charge in [-0.2, -0.15) is 0 Å². The molecule has 1 saturated heterocycles. The molecule has 216 valence electrons. The number of carbonyl (C=O) groups is 1. The summed E-state index contributed by atoms with van der Waals surface area (Å²) in [6, 6.07) is 12.8. The number of sulfonamides is 1. The smallest absolute Gasteiger partial charge is 0.333 e. The number of nitrogens with zero attached hydrogens (tertiary/aromatic N) is 2. The quantitative estimate of drug-likeness (QED) is 0.209. The summed E-state index contributed by atoms with van der Waals surface area (Å²) in [6.07, 6.45) is 0.946. The van der Waals surface area contributed by atoms with E-state index in [2.05, 4.69) is 20.5 Å². The molecule has 0 aliphatic carbocycles. The zero-order chi connectivity index (χ0) is 29.0. The summed E-state index contributed by atoms with van der Waals surface area (Å²) in [5.74, 6) is 0. The molecule has 4 N–H and O–H groups in total. The highest BCUT2D eigenvalue weighted by molar-refractivity contribution is 7.92. The summed E-state index contributed by atoms with van der Waals surface area (Å²) in [7, 11) is -4.09. The fourth-order valence-corrected chi connectivity index (χ4v) is 6.78. The summed E-state index contributed by atoms with van der Waals surface area (Å²) in [6.45, 7) is 5.12. The molecule has 2 amide bonds. The van der Waals surface area contributed by atoms with E-state index < -0.39 is 27.3 Å². The second-order valence-electron chi connectivity index (χ2n) is 9.23. The largest absolute Gasteiger partial charge is 0.385 e. The summed E-state index contributed by atoms with van der Waals surface area (Å²) in [5.41, 5.74) is 0.617. The number of benzene rings is 2. The molecule has 1 aliphatic heterocycles. The van der Waals surface area contributed by atoms with E-state index in [4.69, 9.17) is 16.3 Å². The summed E-state index contributed by atoms with van der Waals surface area (Å²) in [5, 5.41) is 6.09. The van der Waals surface area contributed by atoms with E-state index >= 15 is 0 Å². The molecule has 3 heterocycles. The first-order chi connectivity index (χ1) is 19.7. The third-order valence-corrected chi connectivity index (χ3v) is 9.46. The van der Waals surface area contributed by atoms with Crippen LogP contribution >= 0.6 is 22.9 Å². The van der Waals surface area contributed by atoms with Crippen LogP contribution in [-0.2, 0) is 14.8 Å². The van der Waals surface area contributed by atoms with Gasteiger partial charge >= 0.3 is 11.7 Å². The van der Waals surface area contributed by atoms with Crippen LogP contribution in [0.4, 0.5) is 16.2 Å². The Labute approximate surface area is 244 Å². The van der Waals surface area contributed by atoms with E-state index in [0.717, 1.165) is 67.4 Å². The lowest BCUT2D eigenvalue weighted by Gasteiger charge is -2.26. The minimum atomic E-state index is -4.09. The normalized spacial score (nSPS) is 14.2. The van der Waals surface area contributed by atoms with Gasteiger partial charge in [0.25, 0.3) is 15.6 Å². The van der Waals surface area contributed by atoms with Gasteiger partial charge in [0.15, 0.2) is 0 Å². The standard InChI is InChI=1S/C26H27ClN6O6S2/c27-22-8-9-23(40-22)41(37,38)31-25(35)29-17-2-5-19(6-3-17)33-24(34)20-7-4-18(16-21(20)30-26(33)36)28-10-1-11-32-12-14-39-15-13-32/h2-9,16,28H,1,10-15H2,(H,30,36)(H2,29,31,35). The van der Waals surface area contributed by atoms with Crippen molar-refractivity contribution >= 4 is 61.3 Å². The van der Waals surface area contributed by atoms with E-state index in [1.54, 1.807) is 18.2 Å². The van der Waals surface area contributed by atoms with Crippen molar-refractivity contribution in [3.8, 4) is 5.69 Å². The van der Waals surface area contributed by atoms with Crippen LogP contribution in [0.1, 0.15) is 6.42 Å². The summed E-state index contributed by atoms with van der Waals surface area (Å²) >= 11 is 6.59. The Morgan fingerprint density at radius 2 is 1.76 bits per heavy atom. The van der Waals surface area contributed by atoms with Crippen LogP contribution in [0.3, 0.4) is 0 Å². The molecule has 0 unspecified atom stereocenters. The number of amides is 2. The van der Waals surface area contributed by atoms with Crippen LogP contribution < -0.4 is 26.6 Å². The van der Waals surface area contributed by atoms with Crippen molar-refractivity contribution < 1.29 is 17.9 Å². The highest BCUT2D eigenvalue weighted by Crippen LogP contribution is 2.25. The Bertz CT molecular complexity index is 1780. The third kappa shape index (κ3) is 6.97. The molecule has 0 spiro atoms. The number of nitrogens with one attached hydrogen (secondary N) is 4. The first-order valence-electron chi connectivity index (χ1n) is 12.7. The number of morpholine rings is 1. The van der Waals surface area contributed by atoms with Gasteiger partial charge in [0.05, 0.1) is 34.1 Å². The van der Waals surface area contributed by atoms with Crippen LogP contribution in [0.2, 0.25) is 4.34 Å². The monoisotopic (exact) mass is 618 g/mol. The van der Waals surface area contributed by atoms with Crippen LogP contribution in [0.5, 0.6) is 0 Å². The van der Waals surface area contributed by atoms with Crippen molar-refractivity contribution in [3.63, 3.8) is 0 Å². The van der Waals surface area contributed by atoms with Crippen LogP contribution in [-0.4, -0.2) is 68.3 Å². The Balaban J connectivity index is 1.24. The van der Waals surface area contributed by atoms with Gasteiger partial charge in [0.1, 0.15) is 4.21 Å². The number of halogens is 1. The Hall–Kier alpha value is -3.69. The van der Waals surface area contributed by atoms with Gasteiger partial charge in [-0.05, 0) is 67.6 Å². The minimum Gasteiger partial charge on any atom is -0.385 e.